The van der Waals surface area contributed by atoms with Gasteiger partial charge in [-0.15, -0.1) is 0 Å². The summed E-state index contributed by atoms with van der Waals surface area (Å²) in [4.78, 5) is 14.0. The summed E-state index contributed by atoms with van der Waals surface area (Å²) in [5.74, 6) is 0.642. The van der Waals surface area contributed by atoms with Crippen LogP contribution in [0, 0.1) is 5.92 Å². The lowest BCUT2D eigenvalue weighted by Gasteiger charge is -2.21. The Bertz CT molecular complexity index is 296. The van der Waals surface area contributed by atoms with Crippen LogP contribution >= 0.6 is 0 Å². The summed E-state index contributed by atoms with van der Waals surface area (Å²) in [5.41, 5.74) is 0. The first kappa shape index (κ1) is 13.8. The van der Waals surface area contributed by atoms with Crippen LogP contribution in [0.4, 0.5) is 0 Å². The molecular formula is C13H24N2O3. The highest BCUT2D eigenvalue weighted by Gasteiger charge is 2.34. The molecule has 18 heavy (non-hydrogen) atoms. The molecule has 2 saturated heterocycles. The number of hydrogen-bond acceptors (Lipinski definition) is 4. The number of nitrogens with one attached hydrogen (secondary N) is 1. The Labute approximate surface area is 108 Å². The highest BCUT2D eigenvalue weighted by atomic mass is 16.5. The summed E-state index contributed by atoms with van der Waals surface area (Å²) in [7, 11) is 0. The van der Waals surface area contributed by atoms with Gasteiger partial charge in [-0.05, 0) is 18.8 Å². The molecule has 2 N–H and O–H groups in total. The Kier molecular flexibility index (Phi) is 4.59. The summed E-state index contributed by atoms with van der Waals surface area (Å²) >= 11 is 0. The van der Waals surface area contributed by atoms with E-state index in [1.165, 1.54) is 0 Å². The summed E-state index contributed by atoms with van der Waals surface area (Å²) in [6, 6.07) is -0.205. The van der Waals surface area contributed by atoms with Gasteiger partial charge in [0.1, 0.15) is 0 Å². The molecule has 5 nitrogen and oxygen atoms in total. The van der Waals surface area contributed by atoms with Gasteiger partial charge in [-0.2, -0.15) is 0 Å². The number of likely N-dealkylation sites (tertiary alicyclic amines) is 1. The summed E-state index contributed by atoms with van der Waals surface area (Å²) < 4.78 is 5.76. The Morgan fingerprint density at radius 3 is 2.94 bits per heavy atom. The van der Waals surface area contributed by atoms with Crippen LogP contribution in [0.25, 0.3) is 0 Å². The zero-order chi connectivity index (χ0) is 13.1. The minimum Gasteiger partial charge on any atom is -0.392 e. The average molecular weight is 256 g/mol. The van der Waals surface area contributed by atoms with Crippen molar-refractivity contribution in [2.24, 2.45) is 5.92 Å². The van der Waals surface area contributed by atoms with Crippen LogP contribution in [0.15, 0.2) is 0 Å². The molecule has 0 aromatic carbocycles. The maximum Gasteiger partial charge on any atom is 0.239 e. The van der Waals surface area contributed by atoms with E-state index in [9.17, 15) is 9.90 Å². The van der Waals surface area contributed by atoms with Gasteiger partial charge in [0, 0.05) is 26.2 Å². The van der Waals surface area contributed by atoms with E-state index < -0.39 is 0 Å². The van der Waals surface area contributed by atoms with Crippen molar-refractivity contribution in [1.29, 1.82) is 0 Å². The van der Waals surface area contributed by atoms with E-state index in [-0.39, 0.29) is 24.2 Å². The fourth-order valence-electron chi connectivity index (χ4n) is 2.52. The third kappa shape index (κ3) is 3.43. The molecule has 0 aromatic rings. The molecule has 2 aliphatic rings. The Morgan fingerprint density at radius 2 is 2.33 bits per heavy atom. The first-order valence-corrected chi connectivity index (χ1v) is 6.88. The fourth-order valence-corrected chi connectivity index (χ4v) is 2.52. The number of hydrogen-bond donors (Lipinski definition) is 2. The van der Waals surface area contributed by atoms with Crippen molar-refractivity contribution >= 4 is 5.91 Å². The third-order valence-corrected chi connectivity index (χ3v) is 3.53. The van der Waals surface area contributed by atoms with E-state index in [1.54, 1.807) is 0 Å². The number of β-amino-alcohol motifs (C(OH)–C–C–N with tert-alkyl or cyclic N) is 1. The van der Waals surface area contributed by atoms with Crippen molar-refractivity contribution in [3.05, 3.63) is 0 Å². The number of ether oxygens (including phenoxy) is 1. The second-order valence-corrected chi connectivity index (χ2v) is 5.77. The van der Waals surface area contributed by atoms with E-state index in [0.717, 1.165) is 19.6 Å². The summed E-state index contributed by atoms with van der Waals surface area (Å²) in [6.45, 7) is 7.00. The maximum atomic E-state index is 12.2. The van der Waals surface area contributed by atoms with E-state index in [4.69, 9.17) is 4.74 Å². The SMILES string of the molecule is CC(C)COC1CCN(C(=O)C2CC(O)CN2)C1. The van der Waals surface area contributed by atoms with Crippen molar-refractivity contribution in [1.82, 2.24) is 10.2 Å². The number of aliphatic hydroxyl groups is 1. The molecule has 1 amide bonds. The first-order chi connectivity index (χ1) is 8.56. The number of carbonyl (C=O) groups excluding carboxylic acids is 1. The zero-order valence-electron chi connectivity index (χ0n) is 11.3. The van der Waals surface area contributed by atoms with E-state index in [2.05, 4.69) is 19.2 Å². The lowest BCUT2D eigenvalue weighted by atomic mass is 10.2. The van der Waals surface area contributed by atoms with Crippen molar-refractivity contribution in [2.75, 3.05) is 26.2 Å². The number of rotatable bonds is 4. The van der Waals surface area contributed by atoms with Gasteiger partial charge in [-0.1, -0.05) is 13.8 Å². The van der Waals surface area contributed by atoms with Gasteiger partial charge in [-0.25, -0.2) is 0 Å². The van der Waals surface area contributed by atoms with Gasteiger partial charge in [0.25, 0.3) is 0 Å². The molecule has 0 aromatic heterocycles. The lowest BCUT2D eigenvalue weighted by molar-refractivity contribution is -0.132. The molecule has 3 unspecified atom stereocenters. The van der Waals surface area contributed by atoms with E-state index in [1.807, 2.05) is 4.90 Å². The van der Waals surface area contributed by atoms with Gasteiger partial charge in [-0.3, -0.25) is 4.79 Å². The van der Waals surface area contributed by atoms with Crippen molar-refractivity contribution in [2.45, 2.75) is 44.9 Å². The highest BCUT2D eigenvalue weighted by Crippen LogP contribution is 2.17. The number of amides is 1. The number of nitrogens with zero attached hydrogens (tertiary/aromatic N) is 1. The molecular weight excluding hydrogens is 232 g/mol. The van der Waals surface area contributed by atoms with Crippen LogP contribution in [0.3, 0.4) is 0 Å². The molecule has 2 heterocycles. The summed E-state index contributed by atoms with van der Waals surface area (Å²) in [6.07, 6.45) is 1.26. The topological polar surface area (TPSA) is 61.8 Å². The minimum absolute atomic E-state index is 0.113. The molecule has 5 heteroatoms. The zero-order valence-corrected chi connectivity index (χ0v) is 11.3. The van der Waals surface area contributed by atoms with Gasteiger partial charge in [0.05, 0.1) is 18.2 Å². The molecule has 3 atom stereocenters. The Hall–Kier alpha value is -0.650. The summed E-state index contributed by atoms with van der Waals surface area (Å²) in [5, 5.41) is 12.5. The monoisotopic (exact) mass is 256 g/mol. The van der Waals surface area contributed by atoms with Crippen LogP contribution < -0.4 is 5.32 Å². The predicted octanol–water partition coefficient (Wildman–Crippen LogP) is -0.0173. The normalized spacial score (nSPS) is 32.4. The van der Waals surface area contributed by atoms with Gasteiger partial charge in [0.15, 0.2) is 0 Å². The standard InChI is InChI=1S/C13H24N2O3/c1-9(2)8-18-11-3-4-15(7-11)13(17)12-5-10(16)6-14-12/h9-12,14,16H,3-8H2,1-2H3. The number of aliphatic hydroxyl groups excluding tert-OH is 1. The Morgan fingerprint density at radius 1 is 1.56 bits per heavy atom. The predicted molar refractivity (Wildman–Crippen MR) is 68.2 cm³/mol. The molecule has 2 fully saturated rings. The van der Waals surface area contributed by atoms with Crippen LogP contribution in [0.1, 0.15) is 26.7 Å². The molecule has 2 aliphatic heterocycles. The minimum atomic E-state index is -0.380. The maximum absolute atomic E-state index is 12.2. The first-order valence-electron chi connectivity index (χ1n) is 6.88. The lowest BCUT2D eigenvalue weighted by Crippen LogP contribution is -2.42. The quantitative estimate of drug-likeness (QED) is 0.742. The third-order valence-electron chi connectivity index (χ3n) is 3.53. The number of carbonyl (C=O) groups is 1. The fraction of sp³-hybridized carbons (Fsp3) is 0.923. The van der Waals surface area contributed by atoms with Crippen LogP contribution in [0.2, 0.25) is 0 Å². The molecule has 0 saturated carbocycles. The second kappa shape index (κ2) is 5.99. The molecule has 0 radical (unpaired) electrons. The molecule has 0 bridgehead atoms. The van der Waals surface area contributed by atoms with Gasteiger partial charge in [0.2, 0.25) is 5.91 Å². The van der Waals surface area contributed by atoms with Gasteiger partial charge < -0.3 is 20.1 Å². The van der Waals surface area contributed by atoms with Crippen LogP contribution in [-0.4, -0.2) is 60.4 Å². The van der Waals surface area contributed by atoms with Crippen LogP contribution in [0.5, 0.6) is 0 Å². The second-order valence-electron chi connectivity index (χ2n) is 5.77. The molecule has 104 valence electrons. The Balaban J connectivity index is 1.76. The van der Waals surface area contributed by atoms with Gasteiger partial charge >= 0.3 is 0 Å². The largest absolute Gasteiger partial charge is 0.392 e. The average Bonchev–Trinajstić information content (AvgIpc) is 2.94. The van der Waals surface area contributed by atoms with E-state index >= 15 is 0 Å². The van der Waals surface area contributed by atoms with Crippen molar-refractivity contribution in [3.63, 3.8) is 0 Å². The smallest absolute Gasteiger partial charge is 0.239 e. The molecule has 0 spiro atoms. The molecule has 2 rings (SSSR count). The van der Waals surface area contributed by atoms with Crippen LogP contribution in [-0.2, 0) is 9.53 Å². The van der Waals surface area contributed by atoms with Crippen molar-refractivity contribution < 1.29 is 14.6 Å². The van der Waals surface area contributed by atoms with Crippen molar-refractivity contribution in [3.8, 4) is 0 Å². The molecule has 0 aliphatic carbocycles. The van der Waals surface area contributed by atoms with E-state index in [0.29, 0.717) is 25.4 Å². The highest BCUT2D eigenvalue weighted by molar-refractivity contribution is 5.82.